The van der Waals surface area contributed by atoms with Crippen LogP contribution in [-0.4, -0.2) is 36.8 Å². The van der Waals surface area contributed by atoms with Crippen LogP contribution < -0.4 is 11.3 Å². The fourth-order valence-corrected chi connectivity index (χ4v) is 2.63. The standard InChI is InChI=1S/C14H23N3O2/c1-10(15)12-8-11-9-16(2)5-4-13(11)17(14(12)18)6-7-19-3/h8,10H,4-7,9,15H2,1-3H3. The summed E-state index contributed by atoms with van der Waals surface area (Å²) in [6.45, 7) is 4.86. The molecule has 1 aliphatic heterocycles. The number of fused-ring (bicyclic) bond motifs is 1. The monoisotopic (exact) mass is 265 g/mol. The van der Waals surface area contributed by atoms with E-state index in [2.05, 4.69) is 11.9 Å². The molecule has 0 amide bonds. The molecule has 5 heteroatoms. The molecule has 2 heterocycles. The van der Waals surface area contributed by atoms with Gasteiger partial charge in [-0.3, -0.25) is 4.79 Å². The molecule has 0 aliphatic carbocycles. The van der Waals surface area contributed by atoms with Gasteiger partial charge in [0.2, 0.25) is 0 Å². The molecule has 1 aromatic heterocycles. The van der Waals surface area contributed by atoms with Gasteiger partial charge in [-0.2, -0.15) is 0 Å². The zero-order valence-electron chi connectivity index (χ0n) is 12.0. The first-order valence-electron chi connectivity index (χ1n) is 6.73. The summed E-state index contributed by atoms with van der Waals surface area (Å²) in [5.41, 5.74) is 9.02. The van der Waals surface area contributed by atoms with Gasteiger partial charge < -0.3 is 19.9 Å². The molecule has 19 heavy (non-hydrogen) atoms. The normalized spacial score (nSPS) is 17.3. The molecular formula is C14H23N3O2. The third-order valence-corrected chi connectivity index (χ3v) is 3.70. The second-order valence-electron chi connectivity index (χ2n) is 5.30. The smallest absolute Gasteiger partial charge is 0.255 e. The number of nitrogens with two attached hydrogens (primary N) is 1. The average Bonchev–Trinajstić information content (AvgIpc) is 2.37. The highest BCUT2D eigenvalue weighted by Crippen LogP contribution is 2.19. The molecule has 0 fully saturated rings. The Morgan fingerprint density at radius 1 is 1.53 bits per heavy atom. The number of nitrogens with zero attached hydrogens (tertiary/aromatic N) is 2. The van der Waals surface area contributed by atoms with Crippen molar-refractivity contribution in [3.8, 4) is 0 Å². The Kier molecular flexibility index (Phi) is 4.39. The third-order valence-electron chi connectivity index (χ3n) is 3.70. The molecule has 1 aliphatic rings. The molecule has 0 radical (unpaired) electrons. The molecule has 2 rings (SSSR count). The maximum Gasteiger partial charge on any atom is 0.255 e. The van der Waals surface area contributed by atoms with Crippen LogP contribution in [0.2, 0.25) is 0 Å². The van der Waals surface area contributed by atoms with E-state index in [-0.39, 0.29) is 11.6 Å². The molecule has 0 saturated carbocycles. The lowest BCUT2D eigenvalue weighted by molar-refractivity contribution is 0.183. The van der Waals surface area contributed by atoms with Crippen LogP contribution in [-0.2, 0) is 24.2 Å². The van der Waals surface area contributed by atoms with Crippen molar-refractivity contribution < 1.29 is 4.74 Å². The van der Waals surface area contributed by atoms with Gasteiger partial charge >= 0.3 is 0 Å². The first kappa shape index (κ1) is 14.2. The quantitative estimate of drug-likeness (QED) is 0.861. The third kappa shape index (κ3) is 2.88. The molecule has 0 aromatic carbocycles. The van der Waals surface area contributed by atoms with Crippen molar-refractivity contribution in [1.29, 1.82) is 0 Å². The summed E-state index contributed by atoms with van der Waals surface area (Å²) in [5, 5.41) is 0. The lowest BCUT2D eigenvalue weighted by Crippen LogP contribution is -2.37. The van der Waals surface area contributed by atoms with Crippen molar-refractivity contribution in [2.45, 2.75) is 32.5 Å². The van der Waals surface area contributed by atoms with Gasteiger partial charge in [0.05, 0.1) is 6.61 Å². The van der Waals surface area contributed by atoms with Crippen LogP contribution in [0.25, 0.3) is 0 Å². The Balaban J connectivity index is 2.52. The van der Waals surface area contributed by atoms with E-state index < -0.39 is 0 Å². The first-order chi connectivity index (χ1) is 9.04. The number of hydrogen-bond acceptors (Lipinski definition) is 4. The van der Waals surface area contributed by atoms with E-state index in [9.17, 15) is 4.79 Å². The van der Waals surface area contributed by atoms with E-state index in [4.69, 9.17) is 10.5 Å². The van der Waals surface area contributed by atoms with Crippen molar-refractivity contribution in [1.82, 2.24) is 9.47 Å². The number of rotatable bonds is 4. The average molecular weight is 265 g/mol. The molecule has 5 nitrogen and oxygen atoms in total. The summed E-state index contributed by atoms with van der Waals surface area (Å²) in [6, 6.07) is 1.75. The summed E-state index contributed by atoms with van der Waals surface area (Å²) in [6.07, 6.45) is 0.907. The van der Waals surface area contributed by atoms with Crippen LogP contribution in [0.4, 0.5) is 0 Å². The zero-order chi connectivity index (χ0) is 14.0. The van der Waals surface area contributed by atoms with Crippen molar-refractivity contribution >= 4 is 0 Å². The van der Waals surface area contributed by atoms with Crippen molar-refractivity contribution in [2.24, 2.45) is 5.73 Å². The van der Waals surface area contributed by atoms with E-state index >= 15 is 0 Å². The van der Waals surface area contributed by atoms with Crippen LogP contribution >= 0.6 is 0 Å². The Morgan fingerprint density at radius 2 is 2.26 bits per heavy atom. The van der Waals surface area contributed by atoms with Gasteiger partial charge in [-0.05, 0) is 25.6 Å². The number of ether oxygens (including phenoxy) is 1. The van der Waals surface area contributed by atoms with Crippen LogP contribution in [0.5, 0.6) is 0 Å². The fraction of sp³-hybridized carbons (Fsp3) is 0.643. The Bertz CT molecular complexity index is 508. The van der Waals surface area contributed by atoms with Gasteiger partial charge in [-0.15, -0.1) is 0 Å². The van der Waals surface area contributed by atoms with Crippen LogP contribution in [0.1, 0.15) is 29.8 Å². The highest BCUT2D eigenvalue weighted by atomic mass is 16.5. The minimum absolute atomic E-state index is 0.0374. The van der Waals surface area contributed by atoms with E-state index in [0.29, 0.717) is 18.7 Å². The predicted molar refractivity (Wildman–Crippen MR) is 75.2 cm³/mol. The summed E-state index contributed by atoms with van der Waals surface area (Å²) < 4.78 is 6.96. The van der Waals surface area contributed by atoms with E-state index in [0.717, 1.165) is 25.2 Å². The molecule has 1 atom stereocenters. The number of hydrogen-bond donors (Lipinski definition) is 1. The highest BCUT2D eigenvalue weighted by Gasteiger charge is 2.20. The number of likely N-dealkylation sites (N-methyl/N-ethyl adjacent to an activating group) is 1. The predicted octanol–water partition coefficient (Wildman–Crippen LogP) is 0.502. The van der Waals surface area contributed by atoms with Gasteiger partial charge in [0.1, 0.15) is 0 Å². The minimum Gasteiger partial charge on any atom is -0.383 e. The maximum absolute atomic E-state index is 12.5. The van der Waals surface area contributed by atoms with Gasteiger partial charge in [0, 0.05) is 50.5 Å². The fourth-order valence-electron chi connectivity index (χ4n) is 2.63. The molecule has 0 bridgehead atoms. The molecule has 0 spiro atoms. The van der Waals surface area contributed by atoms with Crippen molar-refractivity contribution in [3.05, 3.63) is 33.2 Å². The highest BCUT2D eigenvalue weighted by molar-refractivity contribution is 5.30. The lowest BCUT2D eigenvalue weighted by atomic mass is 10.0. The lowest BCUT2D eigenvalue weighted by Gasteiger charge is -2.28. The maximum atomic E-state index is 12.5. The zero-order valence-corrected chi connectivity index (χ0v) is 12.0. The Morgan fingerprint density at radius 3 is 2.89 bits per heavy atom. The summed E-state index contributed by atoms with van der Waals surface area (Å²) in [5.74, 6) is 0. The van der Waals surface area contributed by atoms with E-state index in [1.807, 2.05) is 17.6 Å². The van der Waals surface area contributed by atoms with Crippen LogP contribution in [0, 0.1) is 0 Å². The second-order valence-corrected chi connectivity index (χ2v) is 5.30. The van der Waals surface area contributed by atoms with Crippen molar-refractivity contribution in [2.75, 3.05) is 27.3 Å². The first-order valence-corrected chi connectivity index (χ1v) is 6.73. The van der Waals surface area contributed by atoms with Gasteiger partial charge in [-0.1, -0.05) is 0 Å². The van der Waals surface area contributed by atoms with Gasteiger partial charge in [0.25, 0.3) is 5.56 Å². The van der Waals surface area contributed by atoms with Gasteiger partial charge in [-0.25, -0.2) is 0 Å². The van der Waals surface area contributed by atoms with E-state index in [1.54, 1.807) is 7.11 Å². The largest absolute Gasteiger partial charge is 0.383 e. The van der Waals surface area contributed by atoms with Crippen molar-refractivity contribution in [3.63, 3.8) is 0 Å². The number of aromatic nitrogens is 1. The van der Waals surface area contributed by atoms with Crippen LogP contribution in [0.3, 0.4) is 0 Å². The minimum atomic E-state index is -0.237. The molecular weight excluding hydrogens is 242 g/mol. The number of pyridine rings is 1. The second kappa shape index (κ2) is 5.86. The summed E-state index contributed by atoms with van der Waals surface area (Å²) >= 11 is 0. The molecule has 1 aromatic rings. The van der Waals surface area contributed by atoms with E-state index in [1.165, 1.54) is 5.56 Å². The summed E-state index contributed by atoms with van der Waals surface area (Å²) in [7, 11) is 3.75. The molecule has 2 N–H and O–H groups in total. The SMILES string of the molecule is COCCn1c2c(cc(C(C)N)c1=O)CN(C)CC2. The molecule has 106 valence electrons. The molecule has 1 unspecified atom stereocenters. The topological polar surface area (TPSA) is 60.5 Å². The van der Waals surface area contributed by atoms with Gasteiger partial charge in [0.15, 0.2) is 0 Å². The Labute approximate surface area is 114 Å². The number of methoxy groups -OCH3 is 1. The van der Waals surface area contributed by atoms with Crippen LogP contribution in [0.15, 0.2) is 10.9 Å². The summed E-state index contributed by atoms with van der Waals surface area (Å²) in [4.78, 5) is 14.7. The molecule has 0 saturated heterocycles. The Hall–Kier alpha value is -1.17.